The molecule has 4 nitrogen and oxygen atoms in total. The van der Waals surface area contributed by atoms with Crippen molar-refractivity contribution >= 4 is 0 Å². The summed E-state index contributed by atoms with van der Waals surface area (Å²) in [4.78, 5) is 2.16. The number of rotatable bonds is 11. The molecule has 0 unspecified atom stereocenters. The van der Waals surface area contributed by atoms with Gasteiger partial charge in [-0.15, -0.1) is 0 Å². The van der Waals surface area contributed by atoms with Gasteiger partial charge in [-0.05, 0) is 54.3 Å². The summed E-state index contributed by atoms with van der Waals surface area (Å²) in [5, 5.41) is 10.6. The minimum absolute atomic E-state index is 0.185. The second-order valence-electron chi connectivity index (χ2n) is 9.14. The maximum atomic E-state index is 13.1. The highest BCUT2D eigenvalue weighted by atomic mass is 19.4. The molecule has 0 aliphatic rings. The Morgan fingerprint density at radius 3 is 2.47 bits per heavy atom. The molecule has 0 spiro atoms. The lowest BCUT2D eigenvalue weighted by Crippen LogP contribution is -2.37. The van der Waals surface area contributed by atoms with Crippen LogP contribution in [0.3, 0.4) is 0 Å². The van der Waals surface area contributed by atoms with Crippen LogP contribution in [0, 0.1) is 12.8 Å². The Balaban J connectivity index is 1.65. The number of aliphatic hydroxyl groups excluding tert-OH is 1. The van der Waals surface area contributed by atoms with Gasteiger partial charge >= 0.3 is 6.18 Å². The molecule has 0 aliphatic heterocycles. The van der Waals surface area contributed by atoms with Gasteiger partial charge in [-0.25, -0.2) is 0 Å². The van der Waals surface area contributed by atoms with Crippen LogP contribution in [0.5, 0.6) is 5.75 Å². The molecule has 2 aromatic carbocycles. The van der Waals surface area contributed by atoms with Crippen LogP contribution >= 0.6 is 0 Å². The molecule has 3 rings (SSSR count). The Morgan fingerprint density at radius 1 is 1.00 bits per heavy atom. The molecule has 1 atom stereocenters. The predicted octanol–water partition coefficient (Wildman–Crippen LogP) is 5.76. The van der Waals surface area contributed by atoms with E-state index in [0.717, 1.165) is 29.6 Å². The summed E-state index contributed by atoms with van der Waals surface area (Å²) in [6, 6.07) is 17.0. The van der Waals surface area contributed by atoms with Crippen LogP contribution in [0.4, 0.5) is 13.2 Å². The van der Waals surface area contributed by atoms with E-state index in [-0.39, 0.29) is 6.61 Å². The topological polar surface area (TPSA) is 37.6 Å². The third-order valence-electron chi connectivity index (χ3n) is 5.53. The molecule has 0 saturated carbocycles. The molecule has 0 saturated heterocycles. The van der Waals surface area contributed by atoms with E-state index >= 15 is 0 Å². The first kappa shape index (κ1) is 25.8. The fourth-order valence-electron chi connectivity index (χ4n) is 3.99. The van der Waals surface area contributed by atoms with Crippen LogP contribution in [-0.2, 0) is 19.3 Å². The average Bonchev–Trinajstić information content (AvgIpc) is 3.18. The SMILES string of the molecule is Cc1ccccc1OC[C@@H](O)CN(Cc1cccn1Cc1cccc(C(F)(F)F)c1)CC(C)C. The first-order chi connectivity index (χ1) is 16.1. The van der Waals surface area contributed by atoms with E-state index in [0.29, 0.717) is 31.1 Å². The highest BCUT2D eigenvalue weighted by Gasteiger charge is 2.30. The Hall–Kier alpha value is -2.77. The van der Waals surface area contributed by atoms with Crippen LogP contribution in [-0.4, -0.2) is 40.4 Å². The number of aromatic nitrogens is 1. The normalized spacial score (nSPS) is 13.0. The number of nitrogens with zero attached hydrogens (tertiary/aromatic N) is 2. The van der Waals surface area contributed by atoms with E-state index in [1.165, 1.54) is 12.1 Å². The van der Waals surface area contributed by atoms with E-state index in [2.05, 4.69) is 18.7 Å². The third-order valence-corrected chi connectivity index (χ3v) is 5.53. The van der Waals surface area contributed by atoms with Gasteiger partial charge in [0.2, 0.25) is 0 Å². The summed E-state index contributed by atoms with van der Waals surface area (Å²) in [5.74, 6) is 1.14. The first-order valence-electron chi connectivity index (χ1n) is 11.5. The Kier molecular flexibility index (Phi) is 8.80. The maximum absolute atomic E-state index is 13.1. The lowest BCUT2D eigenvalue weighted by molar-refractivity contribution is -0.137. The van der Waals surface area contributed by atoms with Gasteiger partial charge in [-0.1, -0.05) is 44.2 Å². The molecule has 7 heteroatoms. The number of benzene rings is 2. The number of para-hydroxylation sites is 1. The standard InChI is InChI=1S/C27H33F3N2O2/c1-20(2)15-31(18-25(33)19-34-26-12-5-4-8-21(26)3)17-24-11-7-13-32(24)16-22-9-6-10-23(14-22)27(28,29)30/h4-14,20,25,33H,15-19H2,1-3H3/t25-/m0/s1. The summed E-state index contributed by atoms with van der Waals surface area (Å²) in [6.07, 6.45) is -3.16. The van der Waals surface area contributed by atoms with E-state index in [4.69, 9.17) is 4.74 Å². The molecule has 0 aliphatic carbocycles. The van der Waals surface area contributed by atoms with Crippen LogP contribution in [0.1, 0.15) is 36.2 Å². The van der Waals surface area contributed by atoms with Crippen molar-refractivity contribution in [3.8, 4) is 5.75 Å². The second-order valence-corrected chi connectivity index (χ2v) is 9.14. The zero-order valence-electron chi connectivity index (χ0n) is 19.9. The maximum Gasteiger partial charge on any atom is 0.416 e. The fourth-order valence-corrected chi connectivity index (χ4v) is 3.99. The van der Waals surface area contributed by atoms with E-state index < -0.39 is 17.8 Å². The highest BCUT2D eigenvalue weighted by molar-refractivity contribution is 5.31. The highest BCUT2D eigenvalue weighted by Crippen LogP contribution is 2.29. The average molecular weight is 475 g/mol. The Bertz CT molecular complexity index is 1050. The number of hydrogen-bond acceptors (Lipinski definition) is 3. The first-order valence-corrected chi connectivity index (χ1v) is 11.5. The molecule has 184 valence electrons. The van der Waals surface area contributed by atoms with E-state index in [1.807, 2.05) is 54.1 Å². The van der Waals surface area contributed by atoms with Crippen molar-refractivity contribution in [2.75, 3.05) is 19.7 Å². The van der Waals surface area contributed by atoms with Gasteiger partial charge in [0.05, 0.1) is 5.56 Å². The zero-order chi connectivity index (χ0) is 24.7. The van der Waals surface area contributed by atoms with Gasteiger partial charge in [0.25, 0.3) is 0 Å². The van der Waals surface area contributed by atoms with Crippen molar-refractivity contribution in [2.24, 2.45) is 5.92 Å². The summed E-state index contributed by atoms with van der Waals surface area (Å²) in [7, 11) is 0. The third kappa shape index (κ3) is 7.64. The smallest absolute Gasteiger partial charge is 0.416 e. The molecule has 0 bridgehead atoms. The molecule has 1 aromatic heterocycles. The molecule has 1 heterocycles. The minimum atomic E-state index is -4.36. The Morgan fingerprint density at radius 2 is 1.76 bits per heavy atom. The quantitative estimate of drug-likeness (QED) is 0.384. The summed E-state index contributed by atoms with van der Waals surface area (Å²) >= 11 is 0. The monoisotopic (exact) mass is 474 g/mol. The Labute approximate surface area is 199 Å². The number of hydrogen-bond donors (Lipinski definition) is 1. The molecular formula is C27H33F3N2O2. The van der Waals surface area contributed by atoms with Gasteiger partial charge in [0, 0.05) is 38.1 Å². The van der Waals surface area contributed by atoms with Gasteiger partial charge in [-0.3, -0.25) is 4.90 Å². The van der Waals surface area contributed by atoms with Crippen molar-refractivity contribution in [1.29, 1.82) is 0 Å². The van der Waals surface area contributed by atoms with Crippen molar-refractivity contribution < 1.29 is 23.0 Å². The number of aryl methyl sites for hydroxylation is 1. The molecule has 1 N–H and O–H groups in total. The van der Waals surface area contributed by atoms with Gasteiger partial charge < -0.3 is 14.4 Å². The number of ether oxygens (including phenoxy) is 1. The van der Waals surface area contributed by atoms with Crippen molar-refractivity contribution in [3.05, 3.63) is 89.2 Å². The largest absolute Gasteiger partial charge is 0.491 e. The molecule has 0 radical (unpaired) electrons. The molecule has 34 heavy (non-hydrogen) atoms. The summed E-state index contributed by atoms with van der Waals surface area (Å²) in [5.41, 5.74) is 1.94. The van der Waals surface area contributed by atoms with Gasteiger partial charge in [-0.2, -0.15) is 13.2 Å². The number of alkyl halides is 3. The van der Waals surface area contributed by atoms with Crippen molar-refractivity contribution in [1.82, 2.24) is 9.47 Å². The van der Waals surface area contributed by atoms with Crippen molar-refractivity contribution in [2.45, 2.75) is 46.1 Å². The summed E-state index contributed by atoms with van der Waals surface area (Å²) < 4.78 is 47.0. The molecule has 0 amide bonds. The van der Waals surface area contributed by atoms with Gasteiger partial charge in [0.1, 0.15) is 18.5 Å². The van der Waals surface area contributed by atoms with Crippen LogP contribution in [0.25, 0.3) is 0 Å². The molecule has 3 aromatic rings. The number of aliphatic hydroxyl groups is 1. The minimum Gasteiger partial charge on any atom is -0.491 e. The second kappa shape index (κ2) is 11.6. The summed E-state index contributed by atoms with van der Waals surface area (Å²) in [6.45, 7) is 8.51. The lowest BCUT2D eigenvalue weighted by Gasteiger charge is -2.27. The van der Waals surface area contributed by atoms with Crippen LogP contribution in [0.15, 0.2) is 66.9 Å². The zero-order valence-corrected chi connectivity index (χ0v) is 19.9. The number of halogens is 3. The predicted molar refractivity (Wildman–Crippen MR) is 128 cm³/mol. The molecule has 0 fully saturated rings. The van der Waals surface area contributed by atoms with E-state index in [1.54, 1.807) is 6.07 Å². The van der Waals surface area contributed by atoms with Crippen LogP contribution < -0.4 is 4.74 Å². The molecular weight excluding hydrogens is 441 g/mol. The van der Waals surface area contributed by atoms with Crippen molar-refractivity contribution in [3.63, 3.8) is 0 Å². The fraction of sp³-hybridized carbons (Fsp3) is 0.407. The van der Waals surface area contributed by atoms with E-state index in [9.17, 15) is 18.3 Å². The van der Waals surface area contributed by atoms with Crippen LogP contribution in [0.2, 0.25) is 0 Å². The lowest BCUT2D eigenvalue weighted by atomic mass is 10.1. The van der Waals surface area contributed by atoms with Gasteiger partial charge in [0.15, 0.2) is 0 Å².